The summed E-state index contributed by atoms with van der Waals surface area (Å²) in [6.07, 6.45) is 16.9. The monoisotopic (exact) mass is 592 g/mol. The van der Waals surface area contributed by atoms with E-state index in [9.17, 15) is 19.6 Å². The fourth-order valence-corrected chi connectivity index (χ4v) is 8.94. The molecule has 3 rings (SSSR count). The van der Waals surface area contributed by atoms with Crippen molar-refractivity contribution in [2.24, 2.45) is 33.5 Å². The number of hydrogen-bond acceptors (Lipinski definition) is 4. The number of amides is 1. The first-order valence-corrected chi connectivity index (χ1v) is 17.2. The highest BCUT2D eigenvalue weighted by Gasteiger charge is 2.61. The highest BCUT2D eigenvalue weighted by atomic mass is 16.2. The molecule has 1 N–H and O–H groups in total. The van der Waals surface area contributed by atoms with Crippen molar-refractivity contribution in [2.45, 2.75) is 158 Å². The second kappa shape index (κ2) is 13.4. The SMILES string of the molecule is CCCCCCC(=O)N[C@@](C)(CCC(C)(C)CCC)CC[C@]1(C)CC(=O)C=C2[C@@]3(C)C=C(C#N)C(=O)[C@@H](C)[C@@H]3CC[C@]21C. The molecule has 0 aromatic rings. The highest BCUT2D eigenvalue weighted by Crippen LogP contribution is 2.67. The Bertz CT molecular complexity index is 1170. The van der Waals surface area contributed by atoms with Crippen LogP contribution in [0.4, 0.5) is 0 Å². The molecule has 6 atom stereocenters. The summed E-state index contributed by atoms with van der Waals surface area (Å²) >= 11 is 0. The van der Waals surface area contributed by atoms with Crippen LogP contribution in [0, 0.1) is 44.8 Å². The van der Waals surface area contributed by atoms with E-state index in [1.807, 2.05) is 19.1 Å². The van der Waals surface area contributed by atoms with E-state index in [0.717, 1.165) is 82.6 Å². The summed E-state index contributed by atoms with van der Waals surface area (Å²) in [7, 11) is 0. The Hall–Kier alpha value is -2.22. The molecule has 1 amide bonds. The summed E-state index contributed by atoms with van der Waals surface area (Å²) in [4.78, 5) is 39.7. The molecule has 0 heterocycles. The van der Waals surface area contributed by atoms with Crippen molar-refractivity contribution in [3.63, 3.8) is 0 Å². The van der Waals surface area contributed by atoms with Crippen LogP contribution in [0.2, 0.25) is 0 Å². The predicted molar refractivity (Wildman–Crippen MR) is 175 cm³/mol. The van der Waals surface area contributed by atoms with Crippen molar-refractivity contribution in [1.82, 2.24) is 5.32 Å². The number of carbonyl (C=O) groups is 3. The summed E-state index contributed by atoms with van der Waals surface area (Å²) in [5.74, 6) is 0.0715. The molecule has 0 unspecified atom stereocenters. The molecule has 0 aromatic heterocycles. The molecule has 0 radical (unpaired) electrons. The molecule has 3 aliphatic rings. The quantitative estimate of drug-likeness (QED) is 0.204. The summed E-state index contributed by atoms with van der Waals surface area (Å²) in [5, 5.41) is 13.3. The first-order valence-electron chi connectivity index (χ1n) is 17.2. The Balaban J connectivity index is 1.91. The lowest BCUT2D eigenvalue weighted by atomic mass is 9.42. The minimum Gasteiger partial charge on any atom is -0.351 e. The number of Topliss-reactive ketones (excluding diaryl/α,β-unsaturated/α-hetero) is 1. The van der Waals surface area contributed by atoms with Gasteiger partial charge in [0.15, 0.2) is 11.6 Å². The fourth-order valence-electron chi connectivity index (χ4n) is 8.94. The van der Waals surface area contributed by atoms with Gasteiger partial charge in [-0.2, -0.15) is 5.26 Å². The van der Waals surface area contributed by atoms with Gasteiger partial charge in [0, 0.05) is 29.7 Å². The van der Waals surface area contributed by atoms with Crippen LogP contribution in [0.15, 0.2) is 23.3 Å². The zero-order valence-corrected chi connectivity index (χ0v) is 28.9. The van der Waals surface area contributed by atoms with Crippen LogP contribution in [0.5, 0.6) is 0 Å². The summed E-state index contributed by atoms with van der Waals surface area (Å²) in [6, 6.07) is 2.16. The van der Waals surface area contributed by atoms with Crippen LogP contribution < -0.4 is 5.32 Å². The van der Waals surface area contributed by atoms with Gasteiger partial charge in [-0.3, -0.25) is 14.4 Å². The largest absolute Gasteiger partial charge is 0.351 e. The third-order valence-electron chi connectivity index (χ3n) is 12.2. The Labute approximate surface area is 262 Å². The van der Waals surface area contributed by atoms with Crippen LogP contribution >= 0.6 is 0 Å². The lowest BCUT2D eigenvalue weighted by molar-refractivity contribution is -0.127. The number of nitrogens with one attached hydrogen (secondary N) is 1. The molecule has 0 bridgehead atoms. The van der Waals surface area contributed by atoms with Gasteiger partial charge in [0.2, 0.25) is 5.91 Å². The van der Waals surface area contributed by atoms with E-state index in [4.69, 9.17) is 0 Å². The average Bonchev–Trinajstić information content (AvgIpc) is 2.93. The van der Waals surface area contributed by atoms with Gasteiger partial charge < -0.3 is 5.32 Å². The number of nitrogens with zero attached hydrogens (tertiary/aromatic N) is 1. The molecule has 0 aliphatic heterocycles. The number of ketones is 2. The van der Waals surface area contributed by atoms with E-state index in [-0.39, 0.29) is 56.7 Å². The first-order chi connectivity index (χ1) is 20.0. The minimum absolute atomic E-state index is 0.0636. The zero-order chi connectivity index (χ0) is 32.3. The van der Waals surface area contributed by atoms with Gasteiger partial charge in [-0.1, -0.05) is 92.7 Å². The summed E-state index contributed by atoms with van der Waals surface area (Å²) in [5.41, 5.74) is 0.171. The maximum Gasteiger partial charge on any atom is 0.220 e. The van der Waals surface area contributed by atoms with E-state index < -0.39 is 5.41 Å². The Morgan fingerprint density at radius 1 is 1.02 bits per heavy atom. The van der Waals surface area contributed by atoms with E-state index in [0.29, 0.717) is 12.8 Å². The van der Waals surface area contributed by atoms with Crippen molar-refractivity contribution in [2.75, 3.05) is 0 Å². The molecule has 0 spiro atoms. The van der Waals surface area contributed by atoms with Gasteiger partial charge in [-0.15, -0.1) is 0 Å². The van der Waals surface area contributed by atoms with Crippen molar-refractivity contribution in [1.29, 1.82) is 5.26 Å². The van der Waals surface area contributed by atoms with E-state index in [1.165, 1.54) is 0 Å². The molecule has 43 heavy (non-hydrogen) atoms. The molecule has 3 aliphatic carbocycles. The van der Waals surface area contributed by atoms with Gasteiger partial charge in [0.25, 0.3) is 0 Å². The molecule has 1 saturated carbocycles. The van der Waals surface area contributed by atoms with Gasteiger partial charge in [0.1, 0.15) is 6.07 Å². The van der Waals surface area contributed by atoms with E-state index in [2.05, 4.69) is 66.8 Å². The predicted octanol–water partition coefficient (Wildman–Crippen LogP) is 9.22. The van der Waals surface area contributed by atoms with Crippen molar-refractivity contribution in [3.05, 3.63) is 23.3 Å². The van der Waals surface area contributed by atoms with E-state index in [1.54, 1.807) is 0 Å². The molecular weight excluding hydrogens is 532 g/mol. The number of carbonyl (C=O) groups excluding carboxylic acids is 3. The molecule has 5 nitrogen and oxygen atoms in total. The zero-order valence-electron chi connectivity index (χ0n) is 28.9. The Kier molecular flexibility index (Phi) is 11.0. The highest BCUT2D eigenvalue weighted by molar-refractivity contribution is 6.02. The fraction of sp³-hybridized carbons (Fsp3) is 0.789. The van der Waals surface area contributed by atoms with Crippen LogP contribution in [0.3, 0.4) is 0 Å². The van der Waals surface area contributed by atoms with Gasteiger partial charge in [-0.05, 0) is 86.5 Å². The number of allylic oxidation sites excluding steroid dienone is 4. The molecule has 0 aromatic carbocycles. The maximum atomic E-state index is 13.5. The topological polar surface area (TPSA) is 87.0 Å². The molecule has 240 valence electrons. The molecule has 1 fully saturated rings. The minimum atomic E-state index is -0.497. The third kappa shape index (κ3) is 7.37. The summed E-state index contributed by atoms with van der Waals surface area (Å²) in [6.45, 7) is 20.0. The van der Waals surface area contributed by atoms with Crippen LogP contribution in [-0.4, -0.2) is 23.0 Å². The number of unbranched alkanes of at least 4 members (excludes halogenated alkanes) is 3. The van der Waals surface area contributed by atoms with E-state index >= 15 is 0 Å². The smallest absolute Gasteiger partial charge is 0.220 e. The lowest BCUT2D eigenvalue weighted by Crippen LogP contribution is -2.56. The first kappa shape index (κ1) is 35.3. The number of hydrogen-bond donors (Lipinski definition) is 1. The number of nitriles is 1. The Morgan fingerprint density at radius 2 is 1.72 bits per heavy atom. The third-order valence-corrected chi connectivity index (χ3v) is 12.2. The Morgan fingerprint density at radius 3 is 2.35 bits per heavy atom. The normalized spacial score (nSPS) is 32.1. The lowest BCUT2D eigenvalue weighted by Gasteiger charge is -2.61. The standard InChI is InChI=1S/C38H60N2O3/c1-10-12-13-14-15-32(42)40-36(7,21-19-34(4,5)17-11-2)22-20-35(6)25-29(41)23-31-37(8)24-28(26-39)33(43)27(3)30(37)16-18-38(31,35)9/h23-24,27,30H,10-22,25H2,1-9H3,(H,40,42)/t27-,30-,35+,36-,37-,38+/m0/s1. The van der Waals surface area contributed by atoms with Gasteiger partial charge >= 0.3 is 0 Å². The number of fused-ring (bicyclic) bond motifs is 3. The van der Waals surface area contributed by atoms with Crippen LogP contribution in [0.25, 0.3) is 0 Å². The molecule has 0 saturated heterocycles. The van der Waals surface area contributed by atoms with Gasteiger partial charge in [-0.25, -0.2) is 0 Å². The number of rotatable bonds is 14. The van der Waals surface area contributed by atoms with Crippen molar-refractivity contribution < 1.29 is 14.4 Å². The average molecular weight is 593 g/mol. The van der Waals surface area contributed by atoms with Gasteiger partial charge in [0.05, 0.1) is 5.57 Å². The second-order valence-corrected chi connectivity index (χ2v) is 16.2. The summed E-state index contributed by atoms with van der Waals surface area (Å²) < 4.78 is 0. The van der Waals surface area contributed by atoms with Crippen molar-refractivity contribution in [3.8, 4) is 6.07 Å². The molecule has 5 heteroatoms. The van der Waals surface area contributed by atoms with Crippen LogP contribution in [0.1, 0.15) is 152 Å². The molecular formula is C38H60N2O3. The van der Waals surface area contributed by atoms with Crippen LogP contribution in [-0.2, 0) is 14.4 Å². The maximum absolute atomic E-state index is 13.5. The van der Waals surface area contributed by atoms with Crippen molar-refractivity contribution >= 4 is 17.5 Å². The second-order valence-electron chi connectivity index (χ2n) is 16.2.